The summed E-state index contributed by atoms with van der Waals surface area (Å²) in [5.74, 6) is -0.816. The Kier molecular flexibility index (Phi) is 5.97. The van der Waals surface area contributed by atoms with E-state index >= 15 is 0 Å². The van der Waals surface area contributed by atoms with Crippen molar-refractivity contribution < 1.29 is 19.4 Å². The topological polar surface area (TPSA) is 111 Å². The molecule has 0 atom stereocenters. The molecule has 29 heavy (non-hydrogen) atoms. The van der Waals surface area contributed by atoms with Crippen LogP contribution in [0.1, 0.15) is 42.9 Å². The number of hydrogen-bond donors (Lipinski definition) is 2. The molecule has 0 aliphatic heterocycles. The molecule has 0 unspecified atom stereocenters. The molecule has 1 amide bonds. The summed E-state index contributed by atoms with van der Waals surface area (Å²) in [6, 6.07) is 7.01. The number of carboxylic acids is 1. The first-order chi connectivity index (χ1) is 13.8. The molecule has 2 aromatic heterocycles. The quantitative estimate of drug-likeness (QED) is 0.612. The second-order valence-electron chi connectivity index (χ2n) is 6.63. The number of hydrogen-bond acceptors (Lipinski definition) is 6. The van der Waals surface area contributed by atoms with Gasteiger partial charge in [0.25, 0.3) is 5.56 Å². The van der Waals surface area contributed by atoms with Gasteiger partial charge < -0.3 is 15.2 Å². The van der Waals surface area contributed by atoms with Gasteiger partial charge in [0.2, 0.25) is 5.91 Å². The number of carboxylic acid groups (broad SMARTS) is 1. The molecule has 3 aromatic rings. The zero-order valence-electron chi connectivity index (χ0n) is 16.3. The molecule has 2 N–H and O–H groups in total. The van der Waals surface area contributed by atoms with Crippen molar-refractivity contribution in [2.24, 2.45) is 0 Å². The summed E-state index contributed by atoms with van der Waals surface area (Å²) in [5, 5.41) is 13.5. The first-order valence-corrected chi connectivity index (χ1v) is 9.98. The minimum Gasteiger partial charge on any atom is -0.492 e. The van der Waals surface area contributed by atoms with E-state index in [1.165, 1.54) is 9.95 Å². The van der Waals surface area contributed by atoms with Crippen LogP contribution < -0.4 is 15.6 Å². The highest BCUT2D eigenvalue weighted by atomic mass is 32.1. The number of carbonyl (C=O) groups excluding carboxylic acids is 1. The molecule has 152 valence electrons. The maximum absolute atomic E-state index is 13.1. The predicted octanol–water partition coefficient (Wildman–Crippen LogP) is 3.32. The fraction of sp³-hybridized carbons (Fsp3) is 0.300. The monoisotopic (exact) mass is 415 g/mol. The highest BCUT2D eigenvalue weighted by Crippen LogP contribution is 2.25. The fourth-order valence-electron chi connectivity index (χ4n) is 2.98. The van der Waals surface area contributed by atoms with Crippen molar-refractivity contribution in [3.8, 4) is 5.75 Å². The number of ether oxygens (including phenoxy) is 1. The van der Waals surface area contributed by atoms with E-state index in [-0.39, 0.29) is 23.4 Å². The van der Waals surface area contributed by atoms with Crippen LogP contribution in [0.2, 0.25) is 0 Å². The summed E-state index contributed by atoms with van der Waals surface area (Å²) in [4.78, 5) is 42.0. The van der Waals surface area contributed by atoms with Crippen LogP contribution in [0.25, 0.3) is 10.2 Å². The summed E-state index contributed by atoms with van der Waals surface area (Å²) in [6.45, 7) is 5.72. The van der Waals surface area contributed by atoms with Gasteiger partial charge in [-0.2, -0.15) is 0 Å². The van der Waals surface area contributed by atoms with Crippen LogP contribution in [0, 0.1) is 0 Å². The summed E-state index contributed by atoms with van der Waals surface area (Å²) in [7, 11) is 0. The maximum atomic E-state index is 13.1. The van der Waals surface area contributed by atoms with Crippen LogP contribution in [0.3, 0.4) is 0 Å². The van der Waals surface area contributed by atoms with Crippen molar-refractivity contribution in [3.05, 3.63) is 51.4 Å². The number of carbonyl (C=O) groups is 2. The van der Waals surface area contributed by atoms with Crippen LogP contribution in [0.4, 0.5) is 5.69 Å². The Morgan fingerprint density at radius 3 is 2.69 bits per heavy atom. The lowest BCUT2D eigenvalue weighted by Crippen LogP contribution is -2.32. The third-order valence-electron chi connectivity index (χ3n) is 4.23. The molecule has 0 spiro atoms. The normalized spacial score (nSPS) is 11.0. The van der Waals surface area contributed by atoms with Crippen molar-refractivity contribution in [3.63, 3.8) is 0 Å². The molecule has 0 fully saturated rings. The third kappa shape index (κ3) is 4.14. The Bertz CT molecular complexity index is 1130. The highest BCUT2D eigenvalue weighted by molar-refractivity contribution is 7.17. The number of aromatic nitrogens is 2. The van der Waals surface area contributed by atoms with Crippen molar-refractivity contribution in [1.29, 1.82) is 0 Å². The molecule has 0 aliphatic rings. The fourth-order valence-corrected chi connectivity index (χ4v) is 3.89. The molecule has 0 bridgehead atoms. The first-order valence-electron chi connectivity index (χ1n) is 9.10. The van der Waals surface area contributed by atoms with E-state index in [0.29, 0.717) is 28.7 Å². The number of thiophene rings is 1. The van der Waals surface area contributed by atoms with Gasteiger partial charge in [-0.1, -0.05) is 26.0 Å². The molecule has 9 heteroatoms. The second-order valence-corrected chi connectivity index (χ2v) is 7.49. The van der Waals surface area contributed by atoms with E-state index in [2.05, 4.69) is 10.3 Å². The van der Waals surface area contributed by atoms with Gasteiger partial charge in [-0.25, -0.2) is 9.78 Å². The minimum atomic E-state index is -1.20. The molecule has 2 heterocycles. The molecular formula is C20H21N3O5S. The Labute approximate surface area is 170 Å². The standard InChI is InChI=1S/C20H21N3O5S/c1-4-28-14-8-6-5-7-13(14)21-15(24)9-23-17(11(2)3)22-18-16(19(23)25)12(10-29-18)20(26)27/h5-8,10-11H,4,9H2,1-3H3,(H,21,24)(H,26,27). The Morgan fingerprint density at radius 2 is 2.03 bits per heavy atom. The number of anilines is 1. The number of rotatable bonds is 7. The second kappa shape index (κ2) is 8.44. The van der Waals surface area contributed by atoms with Gasteiger partial charge in [0.15, 0.2) is 0 Å². The number of nitrogens with one attached hydrogen (secondary N) is 1. The van der Waals surface area contributed by atoms with E-state index in [1.807, 2.05) is 20.8 Å². The summed E-state index contributed by atoms with van der Waals surface area (Å²) >= 11 is 1.10. The molecule has 0 saturated heterocycles. The van der Waals surface area contributed by atoms with Gasteiger partial charge >= 0.3 is 5.97 Å². The number of benzene rings is 1. The Hall–Kier alpha value is -3.20. The molecule has 0 aliphatic carbocycles. The lowest BCUT2D eigenvalue weighted by molar-refractivity contribution is -0.116. The van der Waals surface area contributed by atoms with Gasteiger partial charge in [-0.05, 0) is 19.1 Å². The van der Waals surface area contributed by atoms with Gasteiger partial charge in [-0.3, -0.25) is 14.2 Å². The van der Waals surface area contributed by atoms with Crippen LogP contribution in [0.5, 0.6) is 5.75 Å². The number of para-hydroxylation sites is 2. The maximum Gasteiger partial charge on any atom is 0.337 e. The van der Waals surface area contributed by atoms with E-state index in [0.717, 1.165) is 11.3 Å². The highest BCUT2D eigenvalue weighted by Gasteiger charge is 2.22. The van der Waals surface area contributed by atoms with Crippen LogP contribution in [-0.4, -0.2) is 33.1 Å². The first kappa shape index (κ1) is 20.5. The van der Waals surface area contributed by atoms with Crippen LogP contribution in [-0.2, 0) is 11.3 Å². The SMILES string of the molecule is CCOc1ccccc1NC(=O)Cn1c(C(C)C)nc2scc(C(=O)O)c2c1=O. The van der Waals surface area contributed by atoms with Gasteiger partial charge in [0.1, 0.15) is 22.9 Å². The van der Waals surface area contributed by atoms with Gasteiger partial charge in [-0.15, -0.1) is 11.3 Å². The van der Waals surface area contributed by atoms with Crippen molar-refractivity contribution in [2.75, 3.05) is 11.9 Å². The van der Waals surface area contributed by atoms with Gasteiger partial charge in [0.05, 0.1) is 23.2 Å². The number of aromatic carboxylic acids is 1. The Morgan fingerprint density at radius 1 is 1.31 bits per heavy atom. The number of nitrogens with zero attached hydrogens (tertiary/aromatic N) is 2. The third-order valence-corrected chi connectivity index (χ3v) is 5.11. The van der Waals surface area contributed by atoms with Crippen LogP contribution >= 0.6 is 11.3 Å². The smallest absolute Gasteiger partial charge is 0.337 e. The molecule has 0 saturated carbocycles. The van der Waals surface area contributed by atoms with Crippen molar-refractivity contribution in [2.45, 2.75) is 33.2 Å². The average Bonchev–Trinajstić information content (AvgIpc) is 3.10. The summed E-state index contributed by atoms with van der Waals surface area (Å²) in [6.07, 6.45) is 0. The lowest BCUT2D eigenvalue weighted by atomic mass is 10.2. The molecule has 3 rings (SSSR count). The van der Waals surface area contributed by atoms with Crippen molar-refractivity contribution >= 4 is 39.1 Å². The predicted molar refractivity (Wildman–Crippen MR) is 111 cm³/mol. The van der Waals surface area contributed by atoms with E-state index in [1.54, 1.807) is 24.3 Å². The zero-order valence-corrected chi connectivity index (χ0v) is 17.1. The summed E-state index contributed by atoms with van der Waals surface area (Å²) in [5.41, 5.74) is -0.145. The molecular weight excluding hydrogens is 394 g/mol. The van der Waals surface area contributed by atoms with Crippen molar-refractivity contribution in [1.82, 2.24) is 9.55 Å². The number of amides is 1. The van der Waals surface area contributed by atoms with Gasteiger partial charge in [0, 0.05) is 11.3 Å². The van der Waals surface area contributed by atoms with Crippen LogP contribution in [0.15, 0.2) is 34.4 Å². The Balaban J connectivity index is 2.00. The molecule has 8 nitrogen and oxygen atoms in total. The molecule has 0 radical (unpaired) electrons. The largest absolute Gasteiger partial charge is 0.492 e. The zero-order chi connectivity index (χ0) is 21.1. The summed E-state index contributed by atoms with van der Waals surface area (Å²) < 4.78 is 6.74. The lowest BCUT2D eigenvalue weighted by Gasteiger charge is -2.16. The van der Waals surface area contributed by atoms with E-state index < -0.39 is 17.4 Å². The van der Waals surface area contributed by atoms with E-state index in [9.17, 15) is 19.5 Å². The molecule has 1 aromatic carbocycles. The number of fused-ring (bicyclic) bond motifs is 1. The minimum absolute atomic E-state index is 0.0226. The average molecular weight is 415 g/mol. The van der Waals surface area contributed by atoms with E-state index in [4.69, 9.17) is 4.74 Å².